The van der Waals surface area contributed by atoms with Crippen molar-refractivity contribution in [2.24, 2.45) is 0 Å². The van der Waals surface area contributed by atoms with Crippen molar-refractivity contribution in [2.75, 3.05) is 11.1 Å². The summed E-state index contributed by atoms with van der Waals surface area (Å²) in [7, 11) is 0. The molecule has 3 rings (SSSR count). The zero-order valence-electron chi connectivity index (χ0n) is 14.7. The molecular weight excluding hydrogens is 405 g/mol. The van der Waals surface area contributed by atoms with E-state index in [9.17, 15) is 9.59 Å². The number of amides is 1. The summed E-state index contributed by atoms with van der Waals surface area (Å²) in [6.45, 7) is 3.82. The molecule has 0 radical (unpaired) electrons. The topological polar surface area (TPSA) is 64.0 Å². The van der Waals surface area contributed by atoms with Gasteiger partial charge in [-0.15, -0.1) is 0 Å². The van der Waals surface area contributed by atoms with Crippen LogP contribution in [0.25, 0.3) is 10.9 Å². The first kappa shape index (κ1) is 19.7. The van der Waals surface area contributed by atoms with E-state index in [2.05, 4.69) is 10.3 Å². The van der Waals surface area contributed by atoms with Crippen molar-refractivity contribution >= 4 is 57.5 Å². The third kappa shape index (κ3) is 4.29. The molecule has 1 aromatic heterocycles. The normalized spacial score (nSPS) is 11.1. The first-order chi connectivity index (χ1) is 12.9. The van der Waals surface area contributed by atoms with Gasteiger partial charge in [0.1, 0.15) is 0 Å². The van der Waals surface area contributed by atoms with Gasteiger partial charge in [-0.3, -0.25) is 14.2 Å². The van der Waals surface area contributed by atoms with Crippen LogP contribution in [0.4, 0.5) is 5.69 Å². The van der Waals surface area contributed by atoms with Crippen LogP contribution in [0.2, 0.25) is 10.0 Å². The smallest absolute Gasteiger partial charge is 0.262 e. The van der Waals surface area contributed by atoms with Crippen LogP contribution >= 0.6 is 35.0 Å². The summed E-state index contributed by atoms with van der Waals surface area (Å²) in [5.41, 5.74) is 0.864. The number of nitrogens with one attached hydrogen (secondary N) is 1. The number of aromatic nitrogens is 2. The molecule has 8 heteroatoms. The van der Waals surface area contributed by atoms with Crippen molar-refractivity contribution in [3.8, 4) is 0 Å². The van der Waals surface area contributed by atoms with Gasteiger partial charge in [-0.25, -0.2) is 4.98 Å². The summed E-state index contributed by atoms with van der Waals surface area (Å²) in [4.78, 5) is 29.7. The minimum Gasteiger partial charge on any atom is -0.323 e. The Kier molecular flexibility index (Phi) is 6.09. The second kappa shape index (κ2) is 8.33. The number of halogens is 2. The van der Waals surface area contributed by atoms with Crippen molar-refractivity contribution in [3.05, 3.63) is 62.9 Å². The lowest BCUT2D eigenvalue weighted by atomic mass is 10.2. The second-order valence-electron chi connectivity index (χ2n) is 6.11. The van der Waals surface area contributed by atoms with Gasteiger partial charge in [0, 0.05) is 6.04 Å². The molecule has 5 nitrogen and oxygen atoms in total. The fraction of sp³-hybridized carbons (Fsp3) is 0.211. The number of thioether (sulfide) groups is 1. The minimum atomic E-state index is -0.285. The number of anilines is 1. The van der Waals surface area contributed by atoms with E-state index in [1.807, 2.05) is 26.0 Å². The lowest BCUT2D eigenvalue weighted by Gasteiger charge is -2.16. The Morgan fingerprint density at radius 1 is 1.15 bits per heavy atom. The maximum absolute atomic E-state index is 12.8. The number of nitrogens with zero attached hydrogens (tertiary/aromatic N) is 2. The van der Waals surface area contributed by atoms with Gasteiger partial charge < -0.3 is 5.32 Å². The van der Waals surface area contributed by atoms with Gasteiger partial charge in [-0.1, -0.05) is 53.2 Å². The van der Waals surface area contributed by atoms with E-state index < -0.39 is 0 Å². The molecule has 27 heavy (non-hydrogen) atoms. The van der Waals surface area contributed by atoms with Crippen LogP contribution in [0.1, 0.15) is 19.9 Å². The van der Waals surface area contributed by atoms with Gasteiger partial charge >= 0.3 is 0 Å². The van der Waals surface area contributed by atoms with Crippen molar-refractivity contribution < 1.29 is 4.79 Å². The Bertz CT molecular complexity index is 1050. The van der Waals surface area contributed by atoms with Gasteiger partial charge in [-0.2, -0.15) is 0 Å². The van der Waals surface area contributed by atoms with E-state index in [0.717, 1.165) is 0 Å². The molecule has 0 aliphatic rings. The van der Waals surface area contributed by atoms with E-state index in [0.29, 0.717) is 31.8 Å². The number of hydrogen-bond donors (Lipinski definition) is 1. The van der Waals surface area contributed by atoms with Crippen LogP contribution in [0, 0.1) is 0 Å². The van der Waals surface area contributed by atoms with E-state index in [-0.39, 0.29) is 23.3 Å². The van der Waals surface area contributed by atoms with Gasteiger partial charge in [-0.05, 0) is 38.1 Å². The number of para-hydroxylation sites is 2. The van der Waals surface area contributed by atoms with Gasteiger partial charge in [0.25, 0.3) is 5.56 Å². The molecule has 1 heterocycles. The molecule has 0 saturated heterocycles. The maximum atomic E-state index is 12.8. The predicted molar refractivity (Wildman–Crippen MR) is 112 cm³/mol. The molecule has 0 bridgehead atoms. The molecule has 2 aromatic carbocycles. The standard InChI is InChI=1S/C19H17Cl2N3O2S/c1-11(2)24-18(26)12-6-3-4-9-15(12)22-19(24)27-10-16(25)23-17-13(20)7-5-8-14(17)21/h3-9,11H,10H2,1-2H3,(H,23,25). The summed E-state index contributed by atoms with van der Waals surface area (Å²) >= 11 is 13.4. The maximum Gasteiger partial charge on any atom is 0.262 e. The molecule has 0 spiro atoms. The molecule has 3 aromatic rings. The fourth-order valence-electron chi connectivity index (χ4n) is 2.61. The molecule has 140 valence electrons. The Morgan fingerprint density at radius 2 is 1.81 bits per heavy atom. The molecule has 0 unspecified atom stereocenters. The summed E-state index contributed by atoms with van der Waals surface area (Å²) in [5, 5.41) is 4.49. The lowest BCUT2D eigenvalue weighted by molar-refractivity contribution is -0.113. The highest BCUT2D eigenvalue weighted by Crippen LogP contribution is 2.30. The Balaban J connectivity index is 1.85. The van der Waals surface area contributed by atoms with E-state index in [1.54, 1.807) is 34.9 Å². The summed E-state index contributed by atoms with van der Waals surface area (Å²) in [6, 6.07) is 12.1. The molecule has 0 atom stereocenters. The minimum absolute atomic E-state index is 0.0685. The lowest BCUT2D eigenvalue weighted by Crippen LogP contribution is -2.25. The molecular formula is C19H17Cl2N3O2S. The number of fused-ring (bicyclic) bond motifs is 1. The second-order valence-corrected chi connectivity index (χ2v) is 7.87. The van der Waals surface area contributed by atoms with Crippen molar-refractivity contribution in [3.63, 3.8) is 0 Å². The predicted octanol–water partition coefficient (Wildman–Crippen LogP) is 5.02. The van der Waals surface area contributed by atoms with Gasteiger partial charge in [0.05, 0.1) is 32.4 Å². The molecule has 0 aliphatic carbocycles. The largest absolute Gasteiger partial charge is 0.323 e. The Labute approximate surface area is 170 Å². The van der Waals surface area contributed by atoms with E-state index >= 15 is 0 Å². The van der Waals surface area contributed by atoms with Crippen molar-refractivity contribution in [1.82, 2.24) is 9.55 Å². The van der Waals surface area contributed by atoms with E-state index in [4.69, 9.17) is 23.2 Å². The quantitative estimate of drug-likeness (QED) is 0.464. The molecule has 0 aliphatic heterocycles. The third-order valence-corrected chi connectivity index (χ3v) is 5.43. The monoisotopic (exact) mass is 421 g/mol. The van der Waals surface area contributed by atoms with Gasteiger partial charge in [0.15, 0.2) is 5.16 Å². The number of rotatable bonds is 5. The number of hydrogen-bond acceptors (Lipinski definition) is 4. The highest BCUT2D eigenvalue weighted by molar-refractivity contribution is 7.99. The highest BCUT2D eigenvalue weighted by Gasteiger charge is 2.16. The number of carbonyl (C=O) groups excluding carboxylic acids is 1. The van der Waals surface area contributed by atoms with Crippen molar-refractivity contribution in [1.29, 1.82) is 0 Å². The SMILES string of the molecule is CC(C)n1c(SCC(=O)Nc2c(Cl)cccc2Cl)nc2ccccc2c1=O. The van der Waals surface area contributed by atoms with Crippen LogP contribution in [0.15, 0.2) is 52.4 Å². The Hall–Kier alpha value is -2.02. The average molecular weight is 422 g/mol. The van der Waals surface area contributed by atoms with Crippen LogP contribution in [0.5, 0.6) is 0 Å². The summed E-state index contributed by atoms with van der Waals surface area (Å²) < 4.78 is 1.60. The summed E-state index contributed by atoms with van der Waals surface area (Å²) in [5.74, 6) is -0.216. The average Bonchev–Trinajstić information content (AvgIpc) is 2.63. The first-order valence-electron chi connectivity index (χ1n) is 8.26. The van der Waals surface area contributed by atoms with Gasteiger partial charge in [0.2, 0.25) is 5.91 Å². The van der Waals surface area contributed by atoms with Crippen molar-refractivity contribution in [2.45, 2.75) is 25.0 Å². The zero-order valence-corrected chi connectivity index (χ0v) is 17.0. The Morgan fingerprint density at radius 3 is 2.48 bits per heavy atom. The van der Waals surface area contributed by atoms with Crippen LogP contribution in [-0.2, 0) is 4.79 Å². The molecule has 1 N–H and O–H groups in total. The highest BCUT2D eigenvalue weighted by atomic mass is 35.5. The number of carbonyl (C=O) groups is 1. The van der Waals surface area contributed by atoms with Crippen LogP contribution < -0.4 is 10.9 Å². The number of benzene rings is 2. The molecule has 0 fully saturated rings. The fourth-order valence-corrected chi connectivity index (χ4v) is 4.03. The molecule has 1 amide bonds. The van der Waals surface area contributed by atoms with Crippen LogP contribution in [-0.4, -0.2) is 21.2 Å². The summed E-state index contributed by atoms with van der Waals surface area (Å²) in [6.07, 6.45) is 0. The third-order valence-electron chi connectivity index (χ3n) is 3.85. The zero-order chi connectivity index (χ0) is 19.6. The first-order valence-corrected chi connectivity index (χ1v) is 10.0. The van der Waals surface area contributed by atoms with Crippen LogP contribution in [0.3, 0.4) is 0 Å². The van der Waals surface area contributed by atoms with E-state index in [1.165, 1.54) is 11.8 Å². The molecule has 0 saturated carbocycles.